The molecule has 17 heavy (non-hydrogen) atoms. The van der Waals surface area contributed by atoms with Crippen LogP contribution in [0.2, 0.25) is 0 Å². The monoisotopic (exact) mass is 253 g/mol. The Balaban J connectivity index is 2.25. The SMILES string of the molecule is C=CCS(=O)(=O)N[C@@H]1c2ccccc2C[C@@H]1O. The molecule has 2 atom stereocenters. The van der Waals surface area contributed by atoms with Gasteiger partial charge in [0, 0.05) is 6.42 Å². The molecule has 1 aliphatic rings. The average Bonchev–Trinajstić information content (AvgIpc) is 2.55. The number of nitrogens with one attached hydrogen (secondary N) is 1. The van der Waals surface area contributed by atoms with E-state index in [4.69, 9.17) is 0 Å². The van der Waals surface area contributed by atoms with E-state index in [1.807, 2.05) is 24.3 Å². The van der Waals surface area contributed by atoms with Crippen LogP contribution in [0.5, 0.6) is 0 Å². The highest BCUT2D eigenvalue weighted by Crippen LogP contribution is 2.31. The van der Waals surface area contributed by atoms with Gasteiger partial charge in [0.05, 0.1) is 17.9 Å². The van der Waals surface area contributed by atoms with E-state index in [9.17, 15) is 13.5 Å². The predicted molar refractivity (Wildman–Crippen MR) is 66.0 cm³/mol. The third kappa shape index (κ3) is 2.57. The van der Waals surface area contributed by atoms with Gasteiger partial charge in [0.15, 0.2) is 0 Å². The van der Waals surface area contributed by atoms with Crippen LogP contribution >= 0.6 is 0 Å². The average molecular weight is 253 g/mol. The van der Waals surface area contributed by atoms with Crippen LogP contribution in [0.3, 0.4) is 0 Å². The second-order valence-corrected chi connectivity index (χ2v) is 5.93. The molecule has 0 radical (unpaired) electrons. The molecule has 4 nitrogen and oxygen atoms in total. The smallest absolute Gasteiger partial charge is 0.215 e. The van der Waals surface area contributed by atoms with E-state index in [1.54, 1.807) is 0 Å². The molecule has 0 saturated heterocycles. The molecular formula is C12H15NO3S. The van der Waals surface area contributed by atoms with Crippen molar-refractivity contribution in [3.8, 4) is 0 Å². The Hall–Kier alpha value is -1.17. The molecule has 0 bridgehead atoms. The molecule has 0 aliphatic heterocycles. The van der Waals surface area contributed by atoms with Gasteiger partial charge in [0.2, 0.25) is 10.0 Å². The molecule has 5 heteroatoms. The van der Waals surface area contributed by atoms with E-state index < -0.39 is 22.2 Å². The summed E-state index contributed by atoms with van der Waals surface area (Å²) in [6, 6.07) is 6.92. The maximum atomic E-state index is 11.6. The van der Waals surface area contributed by atoms with E-state index in [-0.39, 0.29) is 5.75 Å². The predicted octanol–water partition coefficient (Wildman–Crippen LogP) is 0.750. The molecule has 2 N–H and O–H groups in total. The lowest BCUT2D eigenvalue weighted by Crippen LogP contribution is -2.34. The van der Waals surface area contributed by atoms with Crippen molar-refractivity contribution in [2.24, 2.45) is 0 Å². The van der Waals surface area contributed by atoms with E-state index in [0.717, 1.165) is 11.1 Å². The molecule has 92 valence electrons. The topological polar surface area (TPSA) is 66.4 Å². The van der Waals surface area contributed by atoms with Gasteiger partial charge in [-0.05, 0) is 11.1 Å². The summed E-state index contributed by atoms with van der Waals surface area (Å²) < 4.78 is 25.8. The van der Waals surface area contributed by atoms with Crippen molar-refractivity contribution in [2.75, 3.05) is 5.75 Å². The van der Waals surface area contributed by atoms with Crippen molar-refractivity contribution in [2.45, 2.75) is 18.6 Å². The van der Waals surface area contributed by atoms with Gasteiger partial charge in [-0.2, -0.15) is 0 Å². The maximum absolute atomic E-state index is 11.6. The summed E-state index contributed by atoms with van der Waals surface area (Å²) in [6.45, 7) is 3.40. The Morgan fingerprint density at radius 3 is 2.88 bits per heavy atom. The molecule has 0 fully saturated rings. The minimum Gasteiger partial charge on any atom is -0.391 e. The molecule has 0 spiro atoms. The van der Waals surface area contributed by atoms with Gasteiger partial charge in [0.1, 0.15) is 0 Å². The van der Waals surface area contributed by atoms with Crippen molar-refractivity contribution < 1.29 is 13.5 Å². The Morgan fingerprint density at radius 2 is 2.18 bits per heavy atom. The van der Waals surface area contributed by atoms with Gasteiger partial charge in [-0.15, -0.1) is 6.58 Å². The summed E-state index contributed by atoms with van der Waals surface area (Å²) in [6.07, 6.45) is 1.11. The van der Waals surface area contributed by atoms with Gasteiger partial charge in [-0.1, -0.05) is 30.3 Å². The van der Waals surface area contributed by atoms with Crippen molar-refractivity contribution in [1.82, 2.24) is 4.72 Å². The lowest BCUT2D eigenvalue weighted by atomic mass is 10.1. The Morgan fingerprint density at radius 1 is 1.47 bits per heavy atom. The lowest BCUT2D eigenvalue weighted by molar-refractivity contribution is 0.151. The summed E-state index contributed by atoms with van der Waals surface area (Å²) in [7, 11) is -3.42. The highest BCUT2D eigenvalue weighted by molar-refractivity contribution is 7.89. The minimum absolute atomic E-state index is 0.140. The first kappa shape index (κ1) is 12.3. The highest BCUT2D eigenvalue weighted by atomic mass is 32.2. The highest BCUT2D eigenvalue weighted by Gasteiger charge is 2.33. The van der Waals surface area contributed by atoms with Crippen molar-refractivity contribution in [1.29, 1.82) is 0 Å². The van der Waals surface area contributed by atoms with E-state index in [1.165, 1.54) is 6.08 Å². The summed E-state index contributed by atoms with van der Waals surface area (Å²) in [4.78, 5) is 0. The number of aliphatic hydroxyl groups is 1. The fraction of sp³-hybridized carbons (Fsp3) is 0.333. The zero-order valence-corrected chi connectivity index (χ0v) is 10.2. The number of hydrogen-bond donors (Lipinski definition) is 2. The van der Waals surface area contributed by atoms with Gasteiger partial charge >= 0.3 is 0 Å². The van der Waals surface area contributed by atoms with Crippen LogP contribution in [-0.2, 0) is 16.4 Å². The molecule has 1 aliphatic carbocycles. The van der Waals surface area contributed by atoms with Crippen LogP contribution in [0, 0.1) is 0 Å². The third-order valence-electron chi connectivity index (χ3n) is 2.85. The van der Waals surface area contributed by atoms with E-state index in [0.29, 0.717) is 6.42 Å². The van der Waals surface area contributed by atoms with Crippen LogP contribution in [0.15, 0.2) is 36.9 Å². The van der Waals surface area contributed by atoms with Crippen LogP contribution in [0.4, 0.5) is 0 Å². The first-order valence-corrected chi connectivity index (χ1v) is 7.05. The minimum atomic E-state index is -3.42. The zero-order chi connectivity index (χ0) is 12.5. The van der Waals surface area contributed by atoms with Crippen molar-refractivity contribution in [3.63, 3.8) is 0 Å². The lowest BCUT2D eigenvalue weighted by Gasteiger charge is -2.17. The largest absolute Gasteiger partial charge is 0.391 e. The van der Waals surface area contributed by atoms with Crippen LogP contribution in [0.1, 0.15) is 17.2 Å². The number of hydrogen-bond acceptors (Lipinski definition) is 3. The van der Waals surface area contributed by atoms with Crippen LogP contribution in [-0.4, -0.2) is 25.4 Å². The Bertz CT molecular complexity index is 524. The molecule has 1 aromatic carbocycles. The van der Waals surface area contributed by atoms with Crippen LogP contribution < -0.4 is 4.72 Å². The summed E-state index contributed by atoms with van der Waals surface area (Å²) in [5.74, 6) is -0.140. The third-order valence-corrected chi connectivity index (χ3v) is 4.14. The second kappa shape index (κ2) is 4.60. The van der Waals surface area contributed by atoms with Crippen molar-refractivity contribution >= 4 is 10.0 Å². The first-order valence-electron chi connectivity index (χ1n) is 5.40. The first-order chi connectivity index (χ1) is 8.03. The normalized spacial score (nSPS) is 23.4. The van der Waals surface area contributed by atoms with E-state index in [2.05, 4.69) is 11.3 Å². The van der Waals surface area contributed by atoms with Gasteiger partial charge in [0.25, 0.3) is 0 Å². The molecule has 0 aromatic heterocycles. The quantitative estimate of drug-likeness (QED) is 0.778. The molecule has 2 rings (SSSR count). The van der Waals surface area contributed by atoms with Gasteiger partial charge in [-0.3, -0.25) is 0 Å². The fourth-order valence-corrected chi connectivity index (χ4v) is 3.19. The Labute approximate surface area is 101 Å². The Kier molecular flexibility index (Phi) is 3.33. The number of aliphatic hydroxyl groups excluding tert-OH is 1. The molecule has 0 unspecified atom stereocenters. The van der Waals surface area contributed by atoms with Crippen LogP contribution in [0.25, 0.3) is 0 Å². The maximum Gasteiger partial charge on any atom is 0.215 e. The number of sulfonamides is 1. The molecule has 0 saturated carbocycles. The van der Waals surface area contributed by atoms with Gasteiger partial charge < -0.3 is 5.11 Å². The summed E-state index contributed by atoms with van der Waals surface area (Å²) in [5.41, 5.74) is 1.85. The molecule has 1 aromatic rings. The fourth-order valence-electron chi connectivity index (χ4n) is 2.11. The number of rotatable bonds is 4. The zero-order valence-electron chi connectivity index (χ0n) is 9.33. The summed E-state index contributed by atoms with van der Waals surface area (Å²) in [5, 5.41) is 9.89. The molecular weight excluding hydrogens is 238 g/mol. The number of fused-ring (bicyclic) bond motifs is 1. The molecule has 0 heterocycles. The van der Waals surface area contributed by atoms with Gasteiger partial charge in [-0.25, -0.2) is 13.1 Å². The number of benzene rings is 1. The second-order valence-electron chi connectivity index (χ2n) is 4.14. The molecule has 0 amide bonds. The standard InChI is InChI=1S/C12H15NO3S/c1-2-7-17(15,16)13-12-10-6-4-3-5-9(10)8-11(12)14/h2-6,11-14H,1,7-8H2/t11-,12+/m0/s1. The summed E-state index contributed by atoms with van der Waals surface area (Å²) >= 11 is 0. The van der Waals surface area contributed by atoms with Crippen molar-refractivity contribution in [3.05, 3.63) is 48.0 Å². The van der Waals surface area contributed by atoms with E-state index >= 15 is 0 Å².